The Morgan fingerprint density at radius 2 is 2.06 bits per heavy atom. The fourth-order valence-corrected chi connectivity index (χ4v) is 2.72. The lowest BCUT2D eigenvalue weighted by Crippen LogP contribution is -2.58. The molecule has 1 heterocycles. The van der Waals surface area contributed by atoms with Crippen LogP contribution < -0.4 is 0 Å². The van der Waals surface area contributed by atoms with Crippen LogP contribution in [0, 0.1) is 5.41 Å². The minimum Gasteiger partial charge on any atom is -0.480 e. The summed E-state index contributed by atoms with van der Waals surface area (Å²) in [6, 6.07) is -0.893. The summed E-state index contributed by atoms with van der Waals surface area (Å²) in [5.74, 6) is -0.905. The smallest absolute Gasteiger partial charge is 0.327 e. The molecular formula is C13H24N2O3. The van der Waals surface area contributed by atoms with Gasteiger partial charge in [0.15, 0.2) is 0 Å². The van der Waals surface area contributed by atoms with Crippen LogP contribution in [0.5, 0.6) is 0 Å². The van der Waals surface area contributed by atoms with Crippen LogP contribution in [0.25, 0.3) is 0 Å². The van der Waals surface area contributed by atoms with Crippen molar-refractivity contribution in [2.75, 3.05) is 20.1 Å². The molecule has 104 valence electrons. The second-order valence-electron chi connectivity index (χ2n) is 5.73. The lowest BCUT2D eigenvalue weighted by Gasteiger charge is -2.45. The van der Waals surface area contributed by atoms with Crippen LogP contribution in [0.1, 0.15) is 40.0 Å². The summed E-state index contributed by atoms with van der Waals surface area (Å²) in [4.78, 5) is 26.9. The summed E-state index contributed by atoms with van der Waals surface area (Å²) in [5.41, 5.74) is -0.368. The summed E-state index contributed by atoms with van der Waals surface area (Å²) < 4.78 is 0. The highest BCUT2D eigenvalue weighted by Crippen LogP contribution is 2.35. The highest BCUT2D eigenvalue weighted by atomic mass is 16.4. The average Bonchev–Trinajstić information content (AvgIpc) is 2.26. The van der Waals surface area contributed by atoms with Gasteiger partial charge >= 0.3 is 12.0 Å². The number of hydrogen-bond donors (Lipinski definition) is 1. The normalized spacial score (nSPS) is 22.7. The minimum absolute atomic E-state index is 0.169. The van der Waals surface area contributed by atoms with Gasteiger partial charge in [0.05, 0.1) is 0 Å². The van der Waals surface area contributed by atoms with Crippen molar-refractivity contribution in [2.24, 2.45) is 5.41 Å². The summed E-state index contributed by atoms with van der Waals surface area (Å²) in [7, 11) is 1.73. The molecule has 0 radical (unpaired) electrons. The number of hydrogen-bond acceptors (Lipinski definition) is 2. The summed E-state index contributed by atoms with van der Waals surface area (Å²) in [6.07, 6.45) is 2.57. The molecule has 5 nitrogen and oxygen atoms in total. The van der Waals surface area contributed by atoms with Crippen LogP contribution in [-0.4, -0.2) is 53.1 Å². The molecule has 1 saturated heterocycles. The molecule has 0 saturated carbocycles. The summed E-state index contributed by atoms with van der Waals surface area (Å²) in [6.45, 7) is 7.03. The number of likely N-dealkylation sites (tertiary alicyclic amines) is 1. The van der Waals surface area contributed by atoms with E-state index in [1.165, 1.54) is 4.90 Å². The maximum atomic E-state index is 12.3. The Balaban J connectivity index is 2.91. The SMILES string of the molecule is CCCN(C)C(=O)N1CCCC(C)(C)C1C(=O)O. The fraction of sp³-hybridized carbons (Fsp3) is 0.846. The molecule has 0 spiro atoms. The Morgan fingerprint density at radius 3 is 2.56 bits per heavy atom. The lowest BCUT2D eigenvalue weighted by atomic mass is 9.76. The third-order valence-corrected chi connectivity index (χ3v) is 3.64. The fourth-order valence-electron chi connectivity index (χ4n) is 2.72. The first kappa shape index (κ1) is 14.8. The highest BCUT2D eigenvalue weighted by Gasteiger charge is 2.45. The Morgan fingerprint density at radius 1 is 1.44 bits per heavy atom. The van der Waals surface area contributed by atoms with Gasteiger partial charge in [0, 0.05) is 20.1 Å². The van der Waals surface area contributed by atoms with Crippen molar-refractivity contribution in [2.45, 2.75) is 46.1 Å². The summed E-state index contributed by atoms with van der Waals surface area (Å²) >= 11 is 0. The van der Waals surface area contributed by atoms with Crippen LogP contribution in [0.15, 0.2) is 0 Å². The topological polar surface area (TPSA) is 60.9 Å². The van der Waals surface area contributed by atoms with Gasteiger partial charge in [-0.05, 0) is 24.7 Å². The molecular weight excluding hydrogens is 232 g/mol. The largest absolute Gasteiger partial charge is 0.480 e. The van der Waals surface area contributed by atoms with E-state index < -0.39 is 12.0 Å². The second-order valence-corrected chi connectivity index (χ2v) is 5.73. The first-order valence-electron chi connectivity index (χ1n) is 6.55. The van der Waals surface area contributed by atoms with Crippen LogP contribution in [0.2, 0.25) is 0 Å². The molecule has 5 heteroatoms. The summed E-state index contributed by atoms with van der Waals surface area (Å²) in [5, 5.41) is 9.39. The van der Waals surface area contributed by atoms with E-state index in [0.717, 1.165) is 19.3 Å². The van der Waals surface area contributed by atoms with E-state index in [2.05, 4.69) is 0 Å². The number of carboxylic acid groups (broad SMARTS) is 1. The standard InChI is InChI=1S/C13H24N2O3/c1-5-8-14(4)12(18)15-9-6-7-13(2,3)10(15)11(16)17/h10H,5-9H2,1-4H3,(H,16,17). The van der Waals surface area contributed by atoms with E-state index >= 15 is 0 Å². The van der Waals surface area contributed by atoms with Gasteiger partial charge in [-0.2, -0.15) is 0 Å². The van der Waals surface area contributed by atoms with Gasteiger partial charge in [-0.3, -0.25) is 0 Å². The van der Waals surface area contributed by atoms with Gasteiger partial charge in [-0.15, -0.1) is 0 Å². The number of aliphatic carboxylic acids is 1. The quantitative estimate of drug-likeness (QED) is 0.840. The zero-order valence-corrected chi connectivity index (χ0v) is 11.8. The second kappa shape index (κ2) is 5.59. The maximum Gasteiger partial charge on any atom is 0.327 e. The number of carboxylic acids is 1. The van der Waals surface area contributed by atoms with E-state index in [1.54, 1.807) is 11.9 Å². The number of nitrogens with zero attached hydrogens (tertiary/aromatic N) is 2. The lowest BCUT2D eigenvalue weighted by molar-refractivity contribution is -0.148. The molecule has 0 aromatic carbocycles. The molecule has 2 amide bonds. The Bertz CT molecular complexity index is 328. The zero-order chi connectivity index (χ0) is 13.9. The number of carbonyl (C=O) groups excluding carboxylic acids is 1. The average molecular weight is 256 g/mol. The van der Waals surface area contributed by atoms with Crippen molar-refractivity contribution in [3.05, 3.63) is 0 Å². The van der Waals surface area contributed by atoms with Crippen LogP contribution in [0.4, 0.5) is 4.79 Å². The van der Waals surface area contributed by atoms with Crippen molar-refractivity contribution >= 4 is 12.0 Å². The van der Waals surface area contributed by atoms with Gasteiger partial charge in [-0.1, -0.05) is 20.8 Å². The monoisotopic (exact) mass is 256 g/mol. The van der Waals surface area contributed by atoms with Crippen LogP contribution in [-0.2, 0) is 4.79 Å². The Kier molecular flexibility index (Phi) is 4.59. The van der Waals surface area contributed by atoms with Gasteiger partial charge in [0.1, 0.15) is 6.04 Å². The van der Waals surface area contributed by atoms with Crippen molar-refractivity contribution in [1.29, 1.82) is 0 Å². The molecule has 1 fully saturated rings. The van der Waals surface area contributed by atoms with Crippen molar-refractivity contribution in [3.63, 3.8) is 0 Å². The van der Waals surface area contributed by atoms with Gasteiger partial charge in [-0.25, -0.2) is 9.59 Å². The molecule has 1 N–H and O–H groups in total. The molecule has 1 unspecified atom stereocenters. The van der Waals surface area contributed by atoms with E-state index in [9.17, 15) is 14.7 Å². The number of piperidine rings is 1. The Labute approximate surface area is 109 Å². The van der Waals surface area contributed by atoms with Gasteiger partial charge in [0.25, 0.3) is 0 Å². The van der Waals surface area contributed by atoms with E-state index in [4.69, 9.17) is 0 Å². The third kappa shape index (κ3) is 2.94. The molecule has 0 bridgehead atoms. The van der Waals surface area contributed by atoms with Gasteiger partial charge in [0.2, 0.25) is 0 Å². The first-order valence-corrected chi connectivity index (χ1v) is 6.55. The molecule has 1 atom stereocenters. The van der Waals surface area contributed by atoms with Crippen molar-refractivity contribution in [3.8, 4) is 0 Å². The first-order chi connectivity index (χ1) is 8.31. The number of rotatable bonds is 3. The molecule has 1 rings (SSSR count). The molecule has 0 aliphatic carbocycles. The molecule has 1 aliphatic rings. The number of urea groups is 1. The van der Waals surface area contributed by atoms with E-state index in [1.807, 2.05) is 20.8 Å². The predicted octanol–water partition coefficient (Wildman–Crippen LogP) is 2.02. The maximum absolute atomic E-state index is 12.3. The zero-order valence-electron chi connectivity index (χ0n) is 11.8. The third-order valence-electron chi connectivity index (χ3n) is 3.64. The Hall–Kier alpha value is -1.26. The van der Waals surface area contributed by atoms with Crippen LogP contribution >= 0.6 is 0 Å². The minimum atomic E-state index is -0.905. The van der Waals surface area contributed by atoms with Gasteiger partial charge < -0.3 is 14.9 Å². The number of carbonyl (C=O) groups is 2. The number of amides is 2. The van der Waals surface area contributed by atoms with Crippen LogP contribution in [0.3, 0.4) is 0 Å². The van der Waals surface area contributed by atoms with Crippen molar-refractivity contribution in [1.82, 2.24) is 9.80 Å². The predicted molar refractivity (Wildman–Crippen MR) is 69.5 cm³/mol. The van der Waals surface area contributed by atoms with E-state index in [-0.39, 0.29) is 11.4 Å². The highest BCUT2D eigenvalue weighted by molar-refractivity contribution is 5.83. The molecule has 1 aliphatic heterocycles. The van der Waals surface area contributed by atoms with Crippen molar-refractivity contribution < 1.29 is 14.7 Å². The molecule has 0 aromatic heterocycles. The molecule has 18 heavy (non-hydrogen) atoms. The molecule has 0 aromatic rings. The van der Waals surface area contributed by atoms with E-state index in [0.29, 0.717) is 13.1 Å².